The number of carboxylic acids is 1. The second-order valence-electron chi connectivity index (χ2n) is 3.69. The average Bonchev–Trinajstić information content (AvgIpc) is 2.79. The van der Waals surface area contributed by atoms with E-state index in [1.165, 1.54) is 0 Å². The van der Waals surface area contributed by atoms with E-state index in [1.807, 2.05) is 6.92 Å². The number of ether oxygens (including phenoxy) is 2. The van der Waals surface area contributed by atoms with Crippen LogP contribution in [0.15, 0.2) is 24.3 Å². The summed E-state index contributed by atoms with van der Waals surface area (Å²) < 4.78 is 11.2. The van der Waals surface area contributed by atoms with Gasteiger partial charge in [0, 0.05) is 12.0 Å². The van der Waals surface area contributed by atoms with Crippen LogP contribution in [0.4, 0.5) is 0 Å². The predicted octanol–water partition coefficient (Wildman–Crippen LogP) is 1.99. The minimum absolute atomic E-state index is 0.271. The lowest BCUT2D eigenvalue weighted by molar-refractivity contribution is -0.167. The van der Waals surface area contributed by atoms with Crippen molar-refractivity contribution in [3.8, 4) is 0 Å². The summed E-state index contributed by atoms with van der Waals surface area (Å²) in [6, 6.07) is 6.64. The van der Waals surface area contributed by atoms with Crippen LogP contribution in [0.3, 0.4) is 0 Å². The summed E-state index contributed by atoms with van der Waals surface area (Å²) >= 11 is 0. The zero-order chi connectivity index (χ0) is 11.6. The van der Waals surface area contributed by atoms with Crippen molar-refractivity contribution in [3.63, 3.8) is 0 Å². The number of carbonyl (C=O) groups is 1. The predicted molar refractivity (Wildman–Crippen MR) is 57.3 cm³/mol. The van der Waals surface area contributed by atoms with Crippen molar-refractivity contribution < 1.29 is 19.4 Å². The first kappa shape index (κ1) is 11.1. The third kappa shape index (κ3) is 1.81. The van der Waals surface area contributed by atoms with Crippen molar-refractivity contribution in [2.75, 3.05) is 13.2 Å². The van der Waals surface area contributed by atoms with Crippen LogP contribution in [0, 0.1) is 0 Å². The molecular weight excluding hydrogens is 208 g/mol. The molecule has 1 heterocycles. The summed E-state index contributed by atoms with van der Waals surface area (Å²) in [7, 11) is 0. The van der Waals surface area contributed by atoms with E-state index in [9.17, 15) is 4.79 Å². The van der Waals surface area contributed by atoms with Gasteiger partial charge in [-0.2, -0.15) is 0 Å². The van der Waals surface area contributed by atoms with Crippen LogP contribution in [-0.4, -0.2) is 24.3 Å². The molecule has 0 atom stereocenters. The molecule has 0 unspecified atom stereocenters. The molecule has 0 amide bonds. The SMILES string of the molecule is CCC1(c2ccc(C(=O)O)cc2)OCCO1. The van der Waals surface area contributed by atoms with Crippen LogP contribution in [0.2, 0.25) is 0 Å². The Labute approximate surface area is 93.8 Å². The first-order chi connectivity index (χ1) is 7.68. The fraction of sp³-hybridized carbons (Fsp3) is 0.417. The standard InChI is InChI=1S/C12H14O4/c1-2-12(15-7-8-16-12)10-5-3-9(4-6-10)11(13)14/h3-6H,2,7-8H2,1H3,(H,13,14). The molecule has 0 radical (unpaired) electrons. The monoisotopic (exact) mass is 222 g/mol. The van der Waals surface area contributed by atoms with E-state index >= 15 is 0 Å². The third-order valence-electron chi connectivity index (χ3n) is 2.79. The minimum Gasteiger partial charge on any atom is -0.478 e. The molecule has 1 N–H and O–H groups in total. The Hall–Kier alpha value is -1.39. The van der Waals surface area contributed by atoms with Crippen LogP contribution in [0.1, 0.15) is 29.3 Å². The molecule has 4 heteroatoms. The highest BCUT2D eigenvalue weighted by Gasteiger charge is 2.36. The van der Waals surface area contributed by atoms with Crippen molar-refractivity contribution in [2.24, 2.45) is 0 Å². The van der Waals surface area contributed by atoms with Crippen LogP contribution in [-0.2, 0) is 15.3 Å². The Balaban J connectivity index is 2.29. The summed E-state index contributed by atoms with van der Waals surface area (Å²) in [5.41, 5.74) is 1.14. The van der Waals surface area contributed by atoms with E-state index in [0.717, 1.165) is 5.56 Å². The van der Waals surface area contributed by atoms with Gasteiger partial charge in [-0.3, -0.25) is 0 Å². The molecule has 86 valence electrons. The number of aromatic carboxylic acids is 1. The lowest BCUT2D eigenvalue weighted by Gasteiger charge is -2.26. The molecule has 2 rings (SSSR count). The number of carboxylic acid groups (broad SMARTS) is 1. The smallest absolute Gasteiger partial charge is 0.335 e. The topological polar surface area (TPSA) is 55.8 Å². The van der Waals surface area contributed by atoms with Gasteiger partial charge < -0.3 is 14.6 Å². The highest BCUT2D eigenvalue weighted by Crippen LogP contribution is 2.34. The molecule has 0 aromatic heterocycles. The minimum atomic E-state index is -0.926. The maximum atomic E-state index is 10.7. The number of hydrogen-bond acceptors (Lipinski definition) is 3. The summed E-state index contributed by atoms with van der Waals surface area (Å²) in [5.74, 6) is -1.61. The summed E-state index contributed by atoms with van der Waals surface area (Å²) in [6.45, 7) is 3.14. The second-order valence-corrected chi connectivity index (χ2v) is 3.69. The molecule has 1 aliphatic rings. The van der Waals surface area contributed by atoms with Gasteiger partial charge in [0.1, 0.15) is 0 Å². The number of rotatable bonds is 3. The van der Waals surface area contributed by atoms with Crippen LogP contribution in [0.5, 0.6) is 0 Å². The highest BCUT2D eigenvalue weighted by molar-refractivity contribution is 5.87. The highest BCUT2D eigenvalue weighted by atomic mass is 16.7. The molecule has 4 nitrogen and oxygen atoms in total. The quantitative estimate of drug-likeness (QED) is 0.849. The summed E-state index contributed by atoms with van der Waals surface area (Å²) in [5, 5.41) is 8.80. The average molecular weight is 222 g/mol. The zero-order valence-corrected chi connectivity index (χ0v) is 9.10. The number of hydrogen-bond donors (Lipinski definition) is 1. The summed E-state index contributed by atoms with van der Waals surface area (Å²) in [6.07, 6.45) is 0.708. The first-order valence-electron chi connectivity index (χ1n) is 5.30. The molecule has 1 aromatic carbocycles. The molecule has 1 aliphatic heterocycles. The van der Waals surface area contributed by atoms with E-state index in [0.29, 0.717) is 19.6 Å². The van der Waals surface area contributed by atoms with Gasteiger partial charge in [0.25, 0.3) is 0 Å². The van der Waals surface area contributed by atoms with Gasteiger partial charge in [-0.15, -0.1) is 0 Å². The van der Waals surface area contributed by atoms with Crippen LogP contribution < -0.4 is 0 Å². The Kier molecular flexibility index (Phi) is 2.94. The Morgan fingerprint density at radius 2 is 1.88 bits per heavy atom. The molecular formula is C12H14O4. The molecule has 1 aromatic rings. The Bertz CT molecular complexity index is 377. The van der Waals surface area contributed by atoms with E-state index in [-0.39, 0.29) is 5.56 Å². The van der Waals surface area contributed by atoms with Gasteiger partial charge in [0.05, 0.1) is 18.8 Å². The fourth-order valence-corrected chi connectivity index (χ4v) is 1.90. The maximum Gasteiger partial charge on any atom is 0.335 e. The molecule has 16 heavy (non-hydrogen) atoms. The third-order valence-corrected chi connectivity index (χ3v) is 2.79. The van der Waals surface area contributed by atoms with Gasteiger partial charge in [-0.05, 0) is 12.1 Å². The Morgan fingerprint density at radius 3 is 2.31 bits per heavy atom. The van der Waals surface area contributed by atoms with E-state index in [2.05, 4.69) is 0 Å². The van der Waals surface area contributed by atoms with Crippen molar-refractivity contribution >= 4 is 5.97 Å². The van der Waals surface area contributed by atoms with Crippen molar-refractivity contribution in [3.05, 3.63) is 35.4 Å². The van der Waals surface area contributed by atoms with Crippen LogP contribution >= 0.6 is 0 Å². The lowest BCUT2D eigenvalue weighted by Crippen LogP contribution is -2.25. The maximum absolute atomic E-state index is 10.7. The zero-order valence-electron chi connectivity index (χ0n) is 9.10. The van der Waals surface area contributed by atoms with E-state index in [1.54, 1.807) is 24.3 Å². The molecule has 0 bridgehead atoms. The fourth-order valence-electron chi connectivity index (χ4n) is 1.90. The van der Waals surface area contributed by atoms with E-state index in [4.69, 9.17) is 14.6 Å². The van der Waals surface area contributed by atoms with Gasteiger partial charge in [-0.1, -0.05) is 19.1 Å². The van der Waals surface area contributed by atoms with Gasteiger partial charge in [-0.25, -0.2) is 4.79 Å². The molecule has 0 spiro atoms. The van der Waals surface area contributed by atoms with Crippen LogP contribution in [0.25, 0.3) is 0 Å². The van der Waals surface area contributed by atoms with Gasteiger partial charge >= 0.3 is 5.97 Å². The van der Waals surface area contributed by atoms with Crippen molar-refractivity contribution in [2.45, 2.75) is 19.1 Å². The van der Waals surface area contributed by atoms with E-state index < -0.39 is 11.8 Å². The molecule has 0 aliphatic carbocycles. The lowest BCUT2D eigenvalue weighted by atomic mass is 10.0. The van der Waals surface area contributed by atoms with Gasteiger partial charge in [0.15, 0.2) is 5.79 Å². The largest absolute Gasteiger partial charge is 0.478 e. The molecule has 1 saturated heterocycles. The molecule has 0 saturated carbocycles. The second kappa shape index (κ2) is 4.23. The van der Waals surface area contributed by atoms with Crippen molar-refractivity contribution in [1.29, 1.82) is 0 Å². The first-order valence-corrected chi connectivity index (χ1v) is 5.30. The Morgan fingerprint density at radius 1 is 1.31 bits per heavy atom. The van der Waals surface area contributed by atoms with Crippen molar-refractivity contribution in [1.82, 2.24) is 0 Å². The number of benzene rings is 1. The normalized spacial score (nSPS) is 18.6. The summed E-state index contributed by atoms with van der Waals surface area (Å²) in [4.78, 5) is 10.7. The molecule has 1 fully saturated rings. The van der Waals surface area contributed by atoms with Gasteiger partial charge in [0.2, 0.25) is 0 Å².